The summed E-state index contributed by atoms with van der Waals surface area (Å²) in [4.78, 5) is 8.00. The normalized spacial score (nSPS) is 11.9. The fraction of sp³-hybridized carbons (Fsp3) is 0.250. The molecule has 0 unspecified atom stereocenters. The first kappa shape index (κ1) is 16.3. The average molecular weight is 337 g/mol. The highest BCUT2D eigenvalue weighted by Crippen LogP contribution is 2.36. The van der Waals surface area contributed by atoms with Crippen LogP contribution in [0.1, 0.15) is 17.1 Å². The number of ether oxygens (including phenoxy) is 1. The molecule has 0 radical (unpaired) electrons. The van der Waals surface area contributed by atoms with E-state index in [0.717, 1.165) is 6.07 Å². The number of aromatic nitrogens is 2. The largest absolute Gasteiger partial charge is 0.494 e. The molecule has 5 nitrogen and oxygen atoms in total. The molecule has 0 spiro atoms. The summed E-state index contributed by atoms with van der Waals surface area (Å²) >= 11 is 0. The van der Waals surface area contributed by atoms with Crippen LogP contribution in [0.15, 0.2) is 28.7 Å². The Morgan fingerprint density at radius 2 is 1.92 bits per heavy atom. The van der Waals surface area contributed by atoms with E-state index in [-0.39, 0.29) is 23.7 Å². The van der Waals surface area contributed by atoms with Crippen molar-refractivity contribution < 1.29 is 22.3 Å². The predicted octanol–water partition coefficient (Wildman–Crippen LogP) is 3.68. The third-order valence-corrected chi connectivity index (χ3v) is 3.64. The van der Waals surface area contributed by atoms with Gasteiger partial charge in [-0.1, -0.05) is 0 Å². The Balaban J connectivity index is 2.26. The van der Waals surface area contributed by atoms with Crippen LogP contribution in [-0.4, -0.2) is 17.1 Å². The van der Waals surface area contributed by atoms with Gasteiger partial charge in [-0.05, 0) is 31.2 Å². The molecule has 126 valence electrons. The molecule has 2 N–H and O–H groups in total. The number of alkyl halides is 3. The van der Waals surface area contributed by atoms with Gasteiger partial charge in [0.1, 0.15) is 22.7 Å². The van der Waals surface area contributed by atoms with Gasteiger partial charge in [0.15, 0.2) is 0 Å². The first-order valence-corrected chi connectivity index (χ1v) is 7.07. The van der Waals surface area contributed by atoms with E-state index in [2.05, 4.69) is 9.97 Å². The molecule has 3 rings (SSSR count). The quantitative estimate of drug-likeness (QED) is 0.789. The molecule has 0 saturated carbocycles. The number of pyridine rings is 1. The summed E-state index contributed by atoms with van der Waals surface area (Å²) in [6, 6.07) is 5.46. The minimum Gasteiger partial charge on any atom is -0.494 e. The lowest BCUT2D eigenvalue weighted by Crippen LogP contribution is -2.08. The number of rotatable bonds is 3. The van der Waals surface area contributed by atoms with Gasteiger partial charge in [0.05, 0.1) is 19.3 Å². The Labute approximate surface area is 135 Å². The third-order valence-electron chi connectivity index (χ3n) is 3.64. The average Bonchev–Trinajstić information content (AvgIpc) is 2.93. The number of oxazole rings is 1. The standard InChI is InChI=1S/C16H14F3N3O2/c1-8-12(7-20)24-15(21-8)10-3-5-11(23-2)14-9(10)4-6-13(22-14)16(17,18)19/h3-6H,7,20H2,1-2H3. The Hall–Kier alpha value is -2.61. The van der Waals surface area contributed by atoms with Crippen LogP contribution >= 0.6 is 0 Å². The number of hydrogen-bond acceptors (Lipinski definition) is 5. The Morgan fingerprint density at radius 3 is 2.50 bits per heavy atom. The van der Waals surface area contributed by atoms with Crippen LogP contribution in [-0.2, 0) is 12.7 Å². The monoisotopic (exact) mass is 337 g/mol. The lowest BCUT2D eigenvalue weighted by Gasteiger charge is -2.11. The molecule has 0 amide bonds. The molecule has 0 atom stereocenters. The van der Waals surface area contributed by atoms with Gasteiger partial charge in [0.2, 0.25) is 5.89 Å². The van der Waals surface area contributed by atoms with Crippen LogP contribution in [0, 0.1) is 6.92 Å². The molecule has 2 aromatic heterocycles. The molecular weight excluding hydrogens is 323 g/mol. The summed E-state index contributed by atoms with van der Waals surface area (Å²) in [5, 5.41) is 0.451. The Kier molecular flexibility index (Phi) is 3.92. The molecule has 8 heteroatoms. The summed E-state index contributed by atoms with van der Waals surface area (Å²) in [7, 11) is 1.37. The van der Waals surface area contributed by atoms with E-state index in [0.29, 0.717) is 22.4 Å². The van der Waals surface area contributed by atoms with Gasteiger partial charge in [-0.3, -0.25) is 0 Å². The lowest BCUT2D eigenvalue weighted by atomic mass is 10.1. The molecule has 0 bridgehead atoms. The summed E-state index contributed by atoms with van der Waals surface area (Å²) in [6.07, 6.45) is -4.54. The maximum atomic E-state index is 12.9. The first-order chi connectivity index (χ1) is 11.3. The molecule has 1 aromatic carbocycles. The smallest absolute Gasteiger partial charge is 0.433 e. The molecule has 3 aromatic rings. The van der Waals surface area contributed by atoms with E-state index in [9.17, 15) is 13.2 Å². The first-order valence-electron chi connectivity index (χ1n) is 7.07. The van der Waals surface area contributed by atoms with Gasteiger partial charge >= 0.3 is 6.18 Å². The van der Waals surface area contributed by atoms with E-state index in [1.54, 1.807) is 13.0 Å². The van der Waals surface area contributed by atoms with Gasteiger partial charge in [-0.15, -0.1) is 0 Å². The SMILES string of the molecule is COc1ccc(-c2nc(C)c(CN)o2)c2ccc(C(F)(F)F)nc12. The molecule has 2 heterocycles. The predicted molar refractivity (Wildman–Crippen MR) is 81.4 cm³/mol. The molecule has 0 fully saturated rings. The van der Waals surface area contributed by atoms with Crippen LogP contribution in [0.2, 0.25) is 0 Å². The number of nitrogens with two attached hydrogens (primary N) is 1. The summed E-state index contributed by atoms with van der Waals surface area (Å²) < 4.78 is 49.5. The van der Waals surface area contributed by atoms with Crippen molar-refractivity contribution in [2.45, 2.75) is 19.6 Å². The van der Waals surface area contributed by atoms with E-state index >= 15 is 0 Å². The van der Waals surface area contributed by atoms with Crippen molar-refractivity contribution >= 4 is 10.9 Å². The minimum atomic E-state index is -4.54. The van der Waals surface area contributed by atoms with Crippen LogP contribution in [0.5, 0.6) is 5.75 Å². The van der Waals surface area contributed by atoms with Gasteiger partial charge in [0, 0.05) is 10.9 Å². The van der Waals surface area contributed by atoms with Crippen molar-refractivity contribution in [3.63, 3.8) is 0 Å². The highest BCUT2D eigenvalue weighted by atomic mass is 19.4. The number of benzene rings is 1. The van der Waals surface area contributed by atoms with Gasteiger partial charge < -0.3 is 14.9 Å². The van der Waals surface area contributed by atoms with E-state index in [1.165, 1.54) is 19.2 Å². The van der Waals surface area contributed by atoms with Crippen LogP contribution in [0.4, 0.5) is 13.2 Å². The number of hydrogen-bond donors (Lipinski definition) is 1. The molecule has 0 aliphatic carbocycles. The topological polar surface area (TPSA) is 74.2 Å². The summed E-state index contributed by atoms with van der Waals surface area (Å²) in [5.74, 6) is 1.04. The van der Waals surface area contributed by atoms with Crippen molar-refractivity contribution in [1.82, 2.24) is 9.97 Å². The summed E-state index contributed by atoms with van der Waals surface area (Å²) in [5.41, 5.74) is 5.84. The minimum absolute atomic E-state index is 0.0926. The van der Waals surface area contributed by atoms with Crippen molar-refractivity contribution in [2.75, 3.05) is 7.11 Å². The van der Waals surface area contributed by atoms with Crippen LogP contribution in [0.25, 0.3) is 22.4 Å². The summed E-state index contributed by atoms with van der Waals surface area (Å²) in [6.45, 7) is 1.93. The molecule has 0 aliphatic heterocycles. The van der Waals surface area contributed by atoms with Crippen LogP contribution < -0.4 is 10.5 Å². The van der Waals surface area contributed by atoms with Crippen molar-refractivity contribution in [3.8, 4) is 17.2 Å². The lowest BCUT2D eigenvalue weighted by molar-refractivity contribution is -0.140. The van der Waals surface area contributed by atoms with Gasteiger partial charge in [-0.2, -0.15) is 13.2 Å². The van der Waals surface area contributed by atoms with E-state index in [4.69, 9.17) is 14.9 Å². The maximum Gasteiger partial charge on any atom is 0.433 e. The molecular formula is C16H14F3N3O2. The second kappa shape index (κ2) is 5.79. The number of nitrogens with zero attached hydrogens (tertiary/aromatic N) is 2. The number of aryl methyl sites for hydroxylation is 1. The number of halogens is 3. The molecule has 24 heavy (non-hydrogen) atoms. The highest BCUT2D eigenvalue weighted by Gasteiger charge is 2.33. The Morgan fingerprint density at radius 1 is 1.17 bits per heavy atom. The zero-order chi connectivity index (χ0) is 17.5. The second-order valence-electron chi connectivity index (χ2n) is 5.14. The second-order valence-corrected chi connectivity index (χ2v) is 5.14. The third kappa shape index (κ3) is 2.69. The Bertz CT molecular complexity index is 903. The zero-order valence-electron chi connectivity index (χ0n) is 12.9. The number of fused-ring (bicyclic) bond motifs is 1. The van der Waals surface area contributed by atoms with Gasteiger partial charge in [-0.25, -0.2) is 9.97 Å². The zero-order valence-corrected chi connectivity index (χ0v) is 12.9. The van der Waals surface area contributed by atoms with Crippen molar-refractivity contribution in [2.24, 2.45) is 5.73 Å². The van der Waals surface area contributed by atoms with E-state index < -0.39 is 11.9 Å². The fourth-order valence-electron chi connectivity index (χ4n) is 2.43. The van der Waals surface area contributed by atoms with Crippen LogP contribution in [0.3, 0.4) is 0 Å². The van der Waals surface area contributed by atoms with Gasteiger partial charge in [0.25, 0.3) is 0 Å². The van der Waals surface area contributed by atoms with Crippen molar-refractivity contribution in [3.05, 3.63) is 41.4 Å². The highest BCUT2D eigenvalue weighted by molar-refractivity contribution is 5.96. The molecule has 0 saturated heterocycles. The number of methoxy groups -OCH3 is 1. The van der Waals surface area contributed by atoms with E-state index in [1.807, 2.05) is 0 Å². The molecule has 0 aliphatic rings. The fourth-order valence-corrected chi connectivity index (χ4v) is 2.43. The van der Waals surface area contributed by atoms with Crippen molar-refractivity contribution in [1.29, 1.82) is 0 Å². The maximum absolute atomic E-state index is 12.9.